The van der Waals surface area contributed by atoms with Gasteiger partial charge in [0.15, 0.2) is 6.29 Å². The number of hydrogen-bond acceptors (Lipinski definition) is 2. The van der Waals surface area contributed by atoms with Crippen LogP contribution in [-0.2, 0) is 7.05 Å². The summed E-state index contributed by atoms with van der Waals surface area (Å²) in [6, 6.07) is 3.52. The Morgan fingerprint density at radius 2 is 2.00 bits per heavy atom. The maximum absolute atomic E-state index is 10.9. The Morgan fingerprint density at radius 3 is 2.53 bits per heavy atom. The number of phenols is 1. The van der Waals surface area contributed by atoms with Gasteiger partial charge in [-0.1, -0.05) is 6.07 Å². The van der Waals surface area contributed by atoms with E-state index < -0.39 is 0 Å². The summed E-state index contributed by atoms with van der Waals surface area (Å²) in [6.45, 7) is 3.88. The van der Waals surface area contributed by atoms with Gasteiger partial charge in [-0.3, -0.25) is 4.79 Å². The van der Waals surface area contributed by atoms with Crippen molar-refractivity contribution in [2.24, 2.45) is 7.05 Å². The zero-order valence-electron chi connectivity index (χ0n) is 9.03. The van der Waals surface area contributed by atoms with E-state index in [-0.39, 0.29) is 5.75 Å². The van der Waals surface area contributed by atoms with E-state index in [1.165, 1.54) is 0 Å². The molecule has 0 unspecified atom stereocenters. The molecule has 78 valence electrons. The molecule has 15 heavy (non-hydrogen) atoms. The molecule has 2 rings (SSSR count). The van der Waals surface area contributed by atoms with Crippen molar-refractivity contribution in [1.29, 1.82) is 0 Å². The normalized spacial score (nSPS) is 10.9. The number of rotatable bonds is 1. The molecule has 1 aromatic heterocycles. The van der Waals surface area contributed by atoms with E-state index in [4.69, 9.17) is 0 Å². The van der Waals surface area contributed by atoms with Crippen LogP contribution >= 0.6 is 0 Å². The highest BCUT2D eigenvalue weighted by Crippen LogP contribution is 2.32. The van der Waals surface area contributed by atoms with Gasteiger partial charge in [-0.15, -0.1) is 0 Å². The number of nitrogens with zero attached hydrogens (tertiary/aromatic N) is 1. The zero-order valence-corrected chi connectivity index (χ0v) is 9.03. The number of carbonyl (C=O) groups excluding carboxylic acids is 1. The van der Waals surface area contributed by atoms with E-state index in [1.807, 2.05) is 19.9 Å². The fraction of sp³-hybridized carbons (Fsp3) is 0.250. The molecule has 0 aliphatic heterocycles. The molecule has 1 heterocycles. The lowest BCUT2D eigenvalue weighted by atomic mass is 10.1. The minimum atomic E-state index is 0.217. The summed E-state index contributed by atoms with van der Waals surface area (Å²) in [7, 11) is 1.79. The second kappa shape index (κ2) is 3.12. The van der Waals surface area contributed by atoms with Crippen molar-refractivity contribution in [3.05, 3.63) is 29.0 Å². The van der Waals surface area contributed by atoms with Crippen LogP contribution in [0.2, 0.25) is 0 Å². The van der Waals surface area contributed by atoms with Crippen LogP contribution in [0.25, 0.3) is 10.9 Å². The third-order valence-corrected chi connectivity index (χ3v) is 2.93. The molecule has 1 N–H and O–H groups in total. The summed E-state index contributed by atoms with van der Waals surface area (Å²) in [5.74, 6) is 0.217. The Morgan fingerprint density at radius 1 is 1.33 bits per heavy atom. The van der Waals surface area contributed by atoms with Gasteiger partial charge in [0.25, 0.3) is 0 Å². The van der Waals surface area contributed by atoms with Crippen LogP contribution in [0.3, 0.4) is 0 Å². The van der Waals surface area contributed by atoms with E-state index in [9.17, 15) is 9.90 Å². The molecular formula is C12H13NO2. The van der Waals surface area contributed by atoms with E-state index in [2.05, 4.69) is 0 Å². The standard InChI is InChI=1S/C12H13NO2/c1-7-4-5-10(15)12-11(7)8(2)9(6-14)13(12)3/h4-6,15H,1-3H3. The minimum absolute atomic E-state index is 0.217. The van der Waals surface area contributed by atoms with Gasteiger partial charge in [-0.05, 0) is 31.0 Å². The highest BCUT2D eigenvalue weighted by molar-refractivity contribution is 5.97. The van der Waals surface area contributed by atoms with Crippen molar-refractivity contribution in [2.45, 2.75) is 13.8 Å². The lowest BCUT2D eigenvalue weighted by molar-refractivity contribution is 0.111. The molecule has 1 aromatic carbocycles. The molecule has 0 fully saturated rings. The van der Waals surface area contributed by atoms with Crippen molar-refractivity contribution in [3.8, 4) is 5.75 Å². The number of benzene rings is 1. The topological polar surface area (TPSA) is 42.2 Å². The number of phenolic OH excluding ortho intramolecular Hbond substituents is 1. The Labute approximate surface area is 87.9 Å². The van der Waals surface area contributed by atoms with Gasteiger partial charge in [-0.25, -0.2) is 0 Å². The summed E-state index contributed by atoms with van der Waals surface area (Å²) >= 11 is 0. The van der Waals surface area contributed by atoms with Crippen LogP contribution in [0.4, 0.5) is 0 Å². The summed E-state index contributed by atoms with van der Waals surface area (Å²) in [5, 5.41) is 10.7. The Kier molecular flexibility index (Phi) is 2.03. The number of carbonyl (C=O) groups is 1. The second-order valence-electron chi connectivity index (χ2n) is 3.81. The summed E-state index contributed by atoms with van der Waals surface area (Å²) < 4.78 is 1.74. The molecule has 0 aliphatic carbocycles. The average molecular weight is 203 g/mol. The van der Waals surface area contributed by atoms with E-state index in [0.29, 0.717) is 5.69 Å². The monoisotopic (exact) mass is 203 g/mol. The smallest absolute Gasteiger partial charge is 0.166 e. The summed E-state index contributed by atoms with van der Waals surface area (Å²) in [5.41, 5.74) is 3.35. The number of hydrogen-bond donors (Lipinski definition) is 1. The molecule has 0 spiro atoms. The lowest BCUT2D eigenvalue weighted by Gasteiger charge is -2.02. The Balaban J connectivity index is 3.07. The van der Waals surface area contributed by atoms with Gasteiger partial charge in [-0.2, -0.15) is 0 Å². The maximum Gasteiger partial charge on any atom is 0.166 e. The van der Waals surface area contributed by atoms with Gasteiger partial charge in [0, 0.05) is 12.4 Å². The molecular weight excluding hydrogens is 190 g/mol. The molecule has 0 aliphatic rings. The maximum atomic E-state index is 10.9. The fourth-order valence-electron chi connectivity index (χ4n) is 2.16. The van der Waals surface area contributed by atoms with Crippen LogP contribution in [-0.4, -0.2) is 16.0 Å². The Bertz CT molecular complexity index is 507. The third-order valence-electron chi connectivity index (χ3n) is 2.93. The SMILES string of the molecule is Cc1ccc(O)c2c1c(C)c(C=O)n2C. The predicted molar refractivity (Wildman–Crippen MR) is 59.4 cm³/mol. The van der Waals surface area contributed by atoms with E-state index in [1.54, 1.807) is 17.7 Å². The fourth-order valence-corrected chi connectivity index (χ4v) is 2.16. The molecule has 0 saturated heterocycles. The number of aldehydes is 1. The van der Waals surface area contributed by atoms with Gasteiger partial charge in [0.1, 0.15) is 5.75 Å². The quantitative estimate of drug-likeness (QED) is 0.723. The van der Waals surface area contributed by atoms with Gasteiger partial charge in [0.2, 0.25) is 0 Å². The van der Waals surface area contributed by atoms with Crippen LogP contribution in [0.15, 0.2) is 12.1 Å². The molecule has 0 atom stereocenters. The lowest BCUT2D eigenvalue weighted by Crippen LogP contribution is -1.94. The van der Waals surface area contributed by atoms with Crippen LogP contribution < -0.4 is 0 Å². The molecule has 0 radical (unpaired) electrons. The third kappa shape index (κ3) is 1.16. The van der Waals surface area contributed by atoms with Crippen LogP contribution in [0.1, 0.15) is 21.6 Å². The summed E-state index contributed by atoms with van der Waals surface area (Å²) in [4.78, 5) is 10.9. The summed E-state index contributed by atoms with van der Waals surface area (Å²) in [6.07, 6.45) is 0.828. The van der Waals surface area contributed by atoms with Crippen molar-refractivity contribution in [3.63, 3.8) is 0 Å². The molecule has 3 heteroatoms. The second-order valence-corrected chi connectivity index (χ2v) is 3.81. The molecule has 2 aromatic rings. The number of aromatic nitrogens is 1. The van der Waals surface area contributed by atoms with E-state index in [0.717, 1.165) is 28.3 Å². The first-order valence-electron chi connectivity index (χ1n) is 4.80. The molecule has 0 saturated carbocycles. The van der Waals surface area contributed by atoms with Gasteiger partial charge in [0.05, 0.1) is 11.2 Å². The Hall–Kier alpha value is -1.77. The average Bonchev–Trinajstić information content (AvgIpc) is 2.46. The van der Waals surface area contributed by atoms with Crippen molar-refractivity contribution >= 4 is 17.2 Å². The van der Waals surface area contributed by atoms with Crippen molar-refractivity contribution in [1.82, 2.24) is 4.57 Å². The van der Waals surface area contributed by atoms with Crippen molar-refractivity contribution in [2.75, 3.05) is 0 Å². The first-order chi connectivity index (χ1) is 7.07. The zero-order chi connectivity index (χ0) is 11.2. The molecule has 3 nitrogen and oxygen atoms in total. The largest absolute Gasteiger partial charge is 0.506 e. The number of aromatic hydroxyl groups is 1. The van der Waals surface area contributed by atoms with Gasteiger partial charge < -0.3 is 9.67 Å². The first kappa shape index (κ1) is 9.77. The molecule has 0 amide bonds. The minimum Gasteiger partial charge on any atom is -0.506 e. The highest BCUT2D eigenvalue weighted by atomic mass is 16.3. The van der Waals surface area contributed by atoms with Crippen LogP contribution in [0, 0.1) is 13.8 Å². The van der Waals surface area contributed by atoms with Crippen LogP contribution in [0.5, 0.6) is 5.75 Å². The van der Waals surface area contributed by atoms with Crippen molar-refractivity contribution < 1.29 is 9.90 Å². The molecule has 0 bridgehead atoms. The van der Waals surface area contributed by atoms with E-state index >= 15 is 0 Å². The first-order valence-corrected chi connectivity index (χ1v) is 4.80. The highest BCUT2D eigenvalue weighted by Gasteiger charge is 2.15. The number of fused-ring (bicyclic) bond motifs is 1. The van der Waals surface area contributed by atoms with Gasteiger partial charge >= 0.3 is 0 Å². The number of aryl methyl sites for hydroxylation is 3. The predicted octanol–water partition coefficient (Wildman–Crippen LogP) is 2.31.